The van der Waals surface area contributed by atoms with Crippen LogP contribution in [0.25, 0.3) is 0 Å². The Morgan fingerprint density at radius 1 is 1.33 bits per heavy atom. The number of β-amino-alcohol motifs (C(OH)–C–C–N with tert-alkyl or cyclic N) is 1. The fourth-order valence-corrected chi connectivity index (χ4v) is 4.43. The summed E-state index contributed by atoms with van der Waals surface area (Å²) in [5, 5.41) is 10.3. The molecule has 1 saturated heterocycles. The third-order valence-corrected chi connectivity index (χ3v) is 6.65. The molecule has 1 aliphatic rings. The number of rotatable bonds is 7. The standard InChI is InChI=1S/C17H28N2O4S/c1-14(2)24(21,22)19-10-9-17(20,13-19)12-18(3)11-15-5-7-16(23-4)8-6-15/h5-8,14,20H,9-13H2,1-4H3/t17-/m1/s1. The van der Waals surface area contributed by atoms with Crippen LogP contribution in [-0.2, 0) is 16.6 Å². The summed E-state index contributed by atoms with van der Waals surface area (Å²) in [5.41, 5.74) is 0.120. The lowest BCUT2D eigenvalue weighted by atomic mass is 10.0. The monoisotopic (exact) mass is 356 g/mol. The van der Waals surface area contributed by atoms with E-state index in [0.29, 0.717) is 26.1 Å². The molecule has 0 amide bonds. The van der Waals surface area contributed by atoms with Crippen molar-refractivity contribution < 1.29 is 18.3 Å². The maximum absolute atomic E-state index is 12.2. The van der Waals surface area contributed by atoms with Gasteiger partial charge in [-0.2, -0.15) is 4.31 Å². The zero-order chi connectivity index (χ0) is 18.0. The molecule has 0 saturated carbocycles. The Morgan fingerprint density at radius 3 is 2.50 bits per heavy atom. The molecular formula is C17H28N2O4S. The van der Waals surface area contributed by atoms with E-state index in [-0.39, 0.29) is 6.54 Å². The molecule has 1 aromatic rings. The van der Waals surface area contributed by atoms with Gasteiger partial charge >= 0.3 is 0 Å². The molecule has 1 N–H and O–H groups in total. The average Bonchev–Trinajstić information content (AvgIpc) is 2.90. The van der Waals surface area contributed by atoms with Gasteiger partial charge < -0.3 is 9.84 Å². The highest BCUT2D eigenvalue weighted by Crippen LogP contribution is 2.26. The van der Waals surface area contributed by atoms with E-state index in [1.165, 1.54) is 4.31 Å². The second-order valence-corrected chi connectivity index (χ2v) is 9.41. The van der Waals surface area contributed by atoms with E-state index in [4.69, 9.17) is 4.74 Å². The number of ether oxygens (including phenoxy) is 1. The van der Waals surface area contributed by atoms with Gasteiger partial charge in [0.05, 0.1) is 18.0 Å². The second-order valence-electron chi connectivity index (χ2n) is 6.92. The smallest absolute Gasteiger partial charge is 0.216 e. The van der Waals surface area contributed by atoms with E-state index in [1.807, 2.05) is 36.2 Å². The van der Waals surface area contributed by atoms with E-state index < -0.39 is 20.9 Å². The number of sulfonamides is 1. The Hall–Kier alpha value is -1.15. The molecule has 136 valence electrons. The number of likely N-dealkylation sites (N-methyl/N-ethyl adjacent to an activating group) is 1. The summed E-state index contributed by atoms with van der Waals surface area (Å²) < 4.78 is 31.1. The van der Waals surface area contributed by atoms with Crippen LogP contribution in [0, 0.1) is 0 Å². The number of hydrogen-bond acceptors (Lipinski definition) is 5. The summed E-state index contributed by atoms with van der Waals surface area (Å²) in [6.07, 6.45) is 0.464. The third kappa shape index (κ3) is 4.47. The van der Waals surface area contributed by atoms with Crippen molar-refractivity contribution in [3.63, 3.8) is 0 Å². The molecule has 24 heavy (non-hydrogen) atoms. The van der Waals surface area contributed by atoms with Gasteiger partial charge in [-0.05, 0) is 45.0 Å². The summed E-state index contributed by atoms with van der Waals surface area (Å²) in [6.45, 7) is 5.01. The highest BCUT2D eigenvalue weighted by Gasteiger charge is 2.42. The number of hydrogen-bond donors (Lipinski definition) is 1. The molecule has 0 aliphatic carbocycles. The summed E-state index contributed by atoms with van der Waals surface area (Å²) in [4.78, 5) is 2.02. The van der Waals surface area contributed by atoms with Crippen LogP contribution in [0.15, 0.2) is 24.3 Å². The van der Waals surface area contributed by atoms with Gasteiger partial charge in [-0.3, -0.25) is 4.90 Å². The van der Waals surface area contributed by atoms with Crippen LogP contribution in [0.1, 0.15) is 25.8 Å². The molecule has 1 atom stereocenters. The van der Waals surface area contributed by atoms with Crippen molar-refractivity contribution in [2.45, 2.75) is 37.7 Å². The predicted molar refractivity (Wildman–Crippen MR) is 94.5 cm³/mol. The molecule has 0 radical (unpaired) electrons. The van der Waals surface area contributed by atoms with Crippen LogP contribution >= 0.6 is 0 Å². The minimum Gasteiger partial charge on any atom is -0.497 e. The Kier molecular flexibility index (Phi) is 5.91. The maximum Gasteiger partial charge on any atom is 0.216 e. The van der Waals surface area contributed by atoms with E-state index in [1.54, 1.807) is 21.0 Å². The molecular weight excluding hydrogens is 328 g/mol. The van der Waals surface area contributed by atoms with Gasteiger partial charge in [-0.25, -0.2) is 8.42 Å². The van der Waals surface area contributed by atoms with Crippen LogP contribution in [0.5, 0.6) is 5.75 Å². The van der Waals surface area contributed by atoms with Crippen molar-refractivity contribution in [1.82, 2.24) is 9.21 Å². The highest BCUT2D eigenvalue weighted by molar-refractivity contribution is 7.89. The minimum absolute atomic E-state index is 0.167. The Morgan fingerprint density at radius 2 is 1.96 bits per heavy atom. The number of nitrogens with zero attached hydrogens (tertiary/aromatic N) is 2. The molecule has 6 nitrogen and oxygen atoms in total. The average molecular weight is 356 g/mol. The van der Waals surface area contributed by atoms with Crippen LogP contribution in [0.3, 0.4) is 0 Å². The Balaban J connectivity index is 1.94. The van der Waals surface area contributed by atoms with Crippen molar-refractivity contribution in [1.29, 1.82) is 0 Å². The van der Waals surface area contributed by atoms with Crippen molar-refractivity contribution in [3.8, 4) is 5.75 Å². The van der Waals surface area contributed by atoms with Crippen molar-refractivity contribution >= 4 is 10.0 Å². The number of methoxy groups -OCH3 is 1. The van der Waals surface area contributed by atoms with Crippen molar-refractivity contribution in [3.05, 3.63) is 29.8 Å². The van der Waals surface area contributed by atoms with Crippen molar-refractivity contribution in [2.75, 3.05) is 33.8 Å². The van der Waals surface area contributed by atoms with E-state index >= 15 is 0 Å². The second kappa shape index (κ2) is 7.39. The van der Waals surface area contributed by atoms with Gasteiger partial charge in [-0.15, -0.1) is 0 Å². The number of aliphatic hydroxyl groups is 1. The van der Waals surface area contributed by atoms with Gasteiger partial charge in [0.15, 0.2) is 0 Å². The van der Waals surface area contributed by atoms with Gasteiger partial charge in [0, 0.05) is 26.2 Å². The normalized spacial score (nSPS) is 22.5. The zero-order valence-corrected chi connectivity index (χ0v) is 15.7. The van der Waals surface area contributed by atoms with E-state index in [2.05, 4.69) is 0 Å². The molecule has 0 spiro atoms. The van der Waals surface area contributed by atoms with Crippen LogP contribution in [-0.4, -0.2) is 67.4 Å². The molecule has 1 aromatic carbocycles. The van der Waals surface area contributed by atoms with E-state index in [9.17, 15) is 13.5 Å². The quantitative estimate of drug-likeness (QED) is 0.797. The summed E-state index contributed by atoms with van der Waals surface area (Å²) >= 11 is 0. The lowest BCUT2D eigenvalue weighted by molar-refractivity contribution is 0.0219. The molecule has 2 rings (SSSR count). The molecule has 1 heterocycles. The zero-order valence-electron chi connectivity index (χ0n) is 14.9. The Bertz CT molecular complexity index is 645. The SMILES string of the molecule is COc1ccc(CN(C)C[C@]2(O)CCN(S(=O)(=O)C(C)C)C2)cc1. The van der Waals surface area contributed by atoms with Crippen LogP contribution in [0.2, 0.25) is 0 Å². The summed E-state index contributed by atoms with van der Waals surface area (Å²) in [5.74, 6) is 0.811. The third-order valence-electron chi connectivity index (χ3n) is 4.43. The van der Waals surface area contributed by atoms with Crippen LogP contribution < -0.4 is 4.74 Å². The number of benzene rings is 1. The molecule has 0 bridgehead atoms. The van der Waals surface area contributed by atoms with Crippen molar-refractivity contribution in [2.24, 2.45) is 0 Å². The molecule has 7 heteroatoms. The molecule has 0 unspecified atom stereocenters. The first-order valence-corrected chi connectivity index (χ1v) is 9.69. The van der Waals surface area contributed by atoms with Crippen LogP contribution in [0.4, 0.5) is 0 Å². The topological polar surface area (TPSA) is 70.1 Å². The first-order chi connectivity index (χ1) is 11.2. The lowest BCUT2D eigenvalue weighted by Gasteiger charge is -2.29. The highest BCUT2D eigenvalue weighted by atomic mass is 32.2. The first-order valence-electron chi connectivity index (χ1n) is 8.19. The lowest BCUT2D eigenvalue weighted by Crippen LogP contribution is -2.45. The minimum atomic E-state index is -3.31. The van der Waals surface area contributed by atoms with Gasteiger partial charge in [0.2, 0.25) is 10.0 Å². The predicted octanol–water partition coefficient (Wildman–Crippen LogP) is 1.30. The Labute approximate surface area is 145 Å². The van der Waals surface area contributed by atoms with Gasteiger partial charge in [-0.1, -0.05) is 12.1 Å². The molecule has 1 fully saturated rings. The molecule has 1 aliphatic heterocycles. The van der Waals surface area contributed by atoms with Gasteiger partial charge in [0.25, 0.3) is 0 Å². The summed E-state index contributed by atoms with van der Waals surface area (Å²) in [7, 11) is 0.256. The fourth-order valence-electron chi connectivity index (χ4n) is 3.06. The maximum atomic E-state index is 12.2. The molecule has 0 aromatic heterocycles. The van der Waals surface area contributed by atoms with Gasteiger partial charge in [0.1, 0.15) is 5.75 Å². The summed E-state index contributed by atoms with van der Waals surface area (Å²) in [6, 6.07) is 7.79. The van der Waals surface area contributed by atoms with E-state index in [0.717, 1.165) is 11.3 Å². The first kappa shape index (κ1) is 19.2. The largest absolute Gasteiger partial charge is 0.497 e. The fraction of sp³-hybridized carbons (Fsp3) is 0.647.